The fourth-order valence-corrected chi connectivity index (χ4v) is 2.75. The average molecular weight is 295 g/mol. The smallest absolute Gasteiger partial charge is 0.161 e. The minimum atomic E-state index is 0.535. The third-order valence-electron chi connectivity index (χ3n) is 3.91. The lowest BCUT2D eigenvalue weighted by Gasteiger charge is -2.09. The molecular formula is C19H21NO2. The molecular weight excluding hydrogens is 274 g/mol. The first-order valence-electron chi connectivity index (χ1n) is 7.57. The quantitative estimate of drug-likeness (QED) is 0.689. The highest BCUT2D eigenvalue weighted by molar-refractivity contribution is 5.84. The molecule has 0 bridgehead atoms. The van der Waals surface area contributed by atoms with Crippen molar-refractivity contribution in [2.75, 3.05) is 7.11 Å². The van der Waals surface area contributed by atoms with Gasteiger partial charge in [-0.1, -0.05) is 23.8 Å². The van der Waals surface area contributed by atoms with Crippen LogP contribution in [0.3, 0.4) is 0 Å². The molecule has 3 heteroatoms. The van der Waals surface area contributed by atoms with Gasteiger partial charge in [-0.05, 0) is 38.1 Å². The number of rotatable bonds is 5. The van der Waals surface area contributed by atoms with Crippen LogP contribution in [0, 0.1) is 6.92 Å². The summed E-state index contributed by atoms with van der Waals surface area (Å²) in [6.07, 6.45) is 2.18. The molecule has 1 heterocycles. The van der Waals surface area contributed by atoms with Crippen LogP contribution in [0.5, 0.6) is 11.5 Å². The SMILES string of the molecule is CCn1cc(COc2ccccc2OC)c2cc(C)ccc21. The van der Waals surface area contributed by atoms with Crippen LogP contribution in [-0.2, 0) is 13.2 Å². The van der Waals surface area contributed by atoms with Gasteiger partial charge in [-0.2, -0.15) is 0 Å². The number of benzene rings is 2. The average Bonchev–Trinajstić information content (AvgIpc) is 2.90. The van der Waals surface area contributed by atoms with Crippen LogP contribution >= 0.6 is 0 Å². The normalized spacial score (nSPS) is 10.9. The maximum absolute atomic E-state index is 5.98. The van der Waals surface area contributed by atoms with Crippen molar-refractivity contribution in [3.8, 4) is 11.5 Å². The number of nitrogens with zero attached hydrogens (tertiary/aromatic N) is 1. The topological polar surface area (TPSA) is 23.4 Å². The summed E-state index contributed by atoms with van der Waals surface area (Å²) < 4.78 is 13.6. The van der Waals surface area contributed by atoms with Crippen LogP contribution in [0.4, 0.5) is 0 Å². The Morgan fingerprint density at radius 3 is 2.55 bits per heavy atom. The molecule has 2 aromatic carbocycles. The standard InChI is InChI=1S/C19H21NO2/c1-4-20-12-15(16-11-14(2)9-10-17(16)20)13-22-19-8-6-5-7-18(19)21-3/h5-12H,4,13H2,1-3H3. The predicted octanol–water partition coefficient (Wildman–Crippen LogP) is 4.56. The van der Waals surface area contributed by atoms with Gasteiger partial charge in [0, 0.05) is 29.2 Å². The summed E-state index contributed by atoms with van der Waals surface area (Å²) in [5, 5.41) is 1.26. The molecule has 3 rings (SSSR count). The number of methoxy groups -OCH3 is 1. The van der Waals surface area contributed by atoms with Crippen molar-refractivity contribution in [3.05, 3.63) is 59.8 Å². The lowest BCUT2D eigenvalue weighted by atomic mass is 10.1. The van der Waals surface area contributed by atoms with Gasteiger partial charge >= 0.3 is 0 Å². The molecule has 0 saturated heterocycles. The van der Waals surface area contributed by atoms with E-state index in [9.17, 15) is 0 Å². The zero-order valence-electron chi connectivity index (χ0n) is 13.3. The summed E-state index contributed by atoms with van der Waals surface area (Å²) in [5.74, 6) is 1.54. The van der Waals surface area contributed by atoms with Crippen molar-refractivity contribution in [3.63, 3.8) is 0 Å². The molecule has 0 fully saturated rings. The Hall–Kier alpha value is -2.42. The number of hydrogen-bond acceptors (Lipinski definition) is 2. The second kappa shape index (κ2) is 6.14. The van der Waals surface area contributed by atoms with Crippen molar-refractivity contribution < 1.29 is 9.47 Å². The van der Waals surface area contributed by atoms with Gasteiger partial charge in [-0.25, -0.2) is 0 Å². The van der Waals surface area contributed by atoms with E-state index < -0.39 is 0 Å². The summed E-state index contributed by atoms with van der Waals surface area (Å²) in [5.41, 5.74) is 3.72. The third-order valence-corrected chi connectivity index (χ3v) is 3.91. The van der Waals surface area contributed by atoms with Crippen LogP contribution in [0.15, 0.2) is 48.7 Å². The second-order valence-corrected chi connectivity index (χ2v) is 5.40. The van der Waals surface area contributed by atoms with Crippen LogP contribution in [-0.4, -0.2) is 11.7 Å². The van der Waals surface area contributed by atoms with Crippen molar-refractivity contribution in [2.24, 2.45) is 0 Å². The van der Waals surface area contributed by atoms with Crippen LogP contribution < -0.4 is 9.47 Å². The minimum absolute atomic E-state index is 0.535. The number of hydrogen-bond donors (Lipinski definition) is 0. The first-order chi connectivity index (χ1) is 10.7. The summed E-state index contributed by atoms with van der Waals surface area (Å²) in [4.78, 5) is 0. The Morgan fingerprint density at radius 1 is 1.05 bits per heavy atom. The highest BCUT2D eigenvalue weighted by Crippen LogP contribution is 2.29. The first-order valence-corrected chi connectivity index (χ1v) is 7.57. The van der Waals surface area contributed by atoms with E-state index in [4.69, 9.17) is 9.47 Å². The van der Waals surface area contributed by atoms with E-state index in [1.54, 1.807) is 7.11 Å². The highest BCUT2D eigenvalue weighted by atomic mass is 16.5. The number of aromatic nitrogens is 1. The summed E-state index contributed by atoms with van der Waals surface area (Å²) in [7, 11) is 1.66. The van der Waals surface area contributed by atoms with Gasteiger partial charge in [0.15, 0.2) is 11.5 Å². The molecule has 3 aromatic rings. The summed E-state index contributed by atoms with van der Waals surface area (Å²) >= 11 is 0. The summed E-state index contributed by atoms with van der Waals surface area (Å²) in [6.45, 7) is 5.76. The minimum Gasteiger partial charge on any atom is -0.493 e. The number of ether oxygens (including phenoxy) is 2. The number of fused-ring (bicyclic) bond motifs is 1. The number of aryl methyl sites for hydroxylation is 2. The first kappa shape index (κ1) is 14.5. The van der Waals surface area contributed by atoms with E-state index in [1.165, 1.54) is 22.0 Å². The number of para-hydroxylation sites is 2. The molecule has 0 saturated carbocycles. The molecule has 0 unspecified atom stereocenters. The van der Waals surface area contributed by atoms with E-state index in [0.717, 1.165) is 18.0 Å². The van der Waals surface area contributed by atoms with Crippen molar-refractivity contribution in [1.29, 1.82) is 0 Å². The monoisotopic (exact) mass is 295 g/mol. The molecule has 0 N–H and O–H groups in total. The van der Waals surface area contributed by atoms with E-state index in [1.807, 2.05) is 24.3 Å². The molecule has 0 aliphatic rings. The molecule has 0 atom stereocenters. The fraction of sp³-hybridized carbons (Fsp3) is 0.263. The highest BCUT2D eigenvalue weighted by Gasteiger charge is 2.10. The second-order valence-electron chi connectivity index (χ2n) is 5.40. The van der Waals surface area contributed by atoms with E-state index in [2.05, 4.69) is 42.8 Å². The molecule has 0 amide bonds. The predicted molar refractivity (Wildman–Crippen MR) is 89.7 cm³/mol. The van der Waals surface area contributed by atoms with E-state index in [0.29, 0.717) is 6.61 Å². The maximum atomic E-state index is 5.98. The molecule has 22 heavy (non-hydrogen) atoms. The molecule has 3 nitrogen and oxygen atoms in total. The van der Waals surface area contributed by atoms with Crippen LogP contribution in [0.2, 0.25) is 0 Å². The van der Waals surface area contributed by atoms with Gasteiger partial charge in [0.2, 0.25) is 0 Å². The van der Waals surface area contributed by atoms with Crippen molar-refractivity contribution in [2.45, 2.75) is 27.0 Å². The Bertz CT molecular complexity index is 789. The molecule has 0 aliphatic carbocycles. The Morgan fingerprint density at radius 2 is 1.82 bits per heavy atom. The summed E-state index contributed by atoms with van der Waals surface area (Å²) in [6, 6.07) is 14.3. The molecule has 0 radical (unpaired) electrons. The Labute approximate surface area is 131 Å². The maximum Gasteiger partial charge on any atom is 0.161 e. The van der Waals surface area contributed by atoms with Gasteiger partial charge in [0.05, 0.1) is 7.11 Å². The Balaban J connectivity index is 1.92. The van der Waals surface area contributed by atoms with Gasteiger partial charge in [-0.15, -0.1) is 0 Å². The fourth-order valence-electron chi connectivity index (χ4n) is 2.75. The van der Waals surface area contributed by atoms with Crippen LogP contribution in [0.25, 0.3) is 10.9 Å². The molecule has 0 aliphatic heterocycles. The van der Waals surface area contributed by atoms with Crippen LogP contribution in [0.1, 0.15) is 18.1 Å². The van der Waals surface area contributed by atoms with Crippen molar-refractivity contribution in [1.82, 2.24) is 4.57 Å². The van der Waals surface area contributed by atoms with E-state index >= 15 is 0 Å². The Kier molecular flexibility index (Phi) is 4.05. The van der Waals surface area contributed by atoms with Gasteiger partial charge in [0.25, 0.3) is 0 Å². The van der Waals surface area contributed by atoms with Gasteiger partial charge < -0.3 is 14.0 Å². The van der Waals surface area contributed by atoms with Gasteiger partial charge in [-0.3, -0.25) is 0 Å². The van der Waals surface area contributed by atoms with Crippen molar-refractivity contribution >= 4 is 10.9 Å². The zero-order valence-corrected chi connectivity index (χ0v) is 13.3. The lowest BCUT2D eigenvalue weighted by molar-refractivity contribution is 0.285. The molecule has 114 valence electrons. The molecule has 0 spiro atoms. The lowest BCUT2D eigenvalue weighted by Crippen LogP contribution is -1.97. The third kappa shape index (κ3) is 2.67. The largest absolute Gasteiger partial charge is 0.493 e. The van der Waals surface area contributed by atoms with Gasteiger partial charge in [0.1, 0.15) is 6.61 Å². The van der Waals surface area contributed by atoms with E-state index in [-0.39, 0.29) is 0 Å². The molecule has 1 aromatic heterocycles. The zero-order chi connectivity index (χ0) is 15.5.